The molecule has 0 aromatic heterocycles. The highest BCUT2D eigenvalue weighted by Gasteiger charge is 2.42. The summed E-state index contributed by atoms with van der Waals surface area (Å²) in [6.45, 7) is 1.46. The zero-order chi connectivity index (χ0) is 24.5. The summed E-state index contributed by atoms with van der Waals surface area (Å²) in [5.41, 5.74) is 0.857. The first kappa shape index (κ1) is 23.3. The van der Waals surface area contributed by atoms with Crippen molar-refractivity contribution in [1.29, 1.82) is 5.41 Å². The summed E-state index contributed by atoms with van der Waals surface area (Å²) < 4.78 is 34.2. The van der Waals surface area contributed by atoms with Crippen molar-refractivity contribution in [2.45, 2.75) is 13.5 Å². The third kappa shape index (κ3) is 4.47. The molecule has 11 nitrogen and oxygen atoms in total. The lowest BCUT2D eigenvalue weighted by molar-refractivity contribution is -0.385. The minimum atomic E-state index is -3.72. The van der Waals surface area contributed by atoms with Gasteiger partial charge in [0.05, 0.1) is 33.8 Å². The van der Waals surface area contributed by atoms with E-state index >= 15 is 0 Å². The van der Waals surface area contributed by atoms with E-state index in [9.17, 15) is 23.3 Å². The number of aliphatic imine (C=N–C) groups is 1. The smallest absolute Gasteiger partial charge is 0.283 e. The molecule has 34 heavy (non-hydrogen) atoms. The summed E-state index contributed by atoms with van der Waals surface area (Å²) in [6.07, 6.45) is 1.43. The highest BCUT2D eigenvalue weighted by Crippen LogP contribution is 2.30. The molecule has 2 aromatic carbocycles. The summed E-state index contributed by atoms with van der Waals surface area (Å²) in [5, 5.41) is 19.2. The zero-order valence-corrected chi connectivity index (χ0v) is 19.3. The molecule has 0 saturated heterocycles. The molecule has 0 radical (unpaired) electrons. The van der Waals surface area contributed by atoms with Crippen LogP contribution in [0, 0.1) is 15.5 Å². The van der Waals surface area contributed by atoms with E-state index in [2.05, 4.69) is 9.39 Å². The van der Waals surface area contributed by atoms with Gasteiger partial charge in [0.15, 0.2) is 0 Å². The molecule has 4 rings (SSSR count). The Kier molecular flexibility index (Phi) is 6.30. The number of hydrogen-bond acceptors (Lipinski definition) is 9. The Morgan fingerprint density at radius 3 is 2.59 bits per heavy atom. The molecule has 2 heterocycles. The van der Waals surface area contributed by atoms with Crippen molar-refractivity contribution in [3.8, 4) is 5.75 Å². The van der Waals surface area contributed by atoms with E-state index < -0.39 is 20.7 Å². The van der Waals surface area contributed by atoms with E-state index in [0.29, 0.717) is 16.9 Å². The SMILES string of the molecule is CCS(=O)(=O)C1=NSC2=NC(=O)/C(=C\c3ccc(OCc4ccccc4[N+](=O)[O-])cc3)C(=N)N21. The number of sulfone groups is 1. The number of benzene rings is 2. The van der Waals surface area contributed by atoms with Crippen LogP contribution in [0.1, 0.15) is 18.1 Å². The van der Waals surface area contributed by atoms with Crippen molar-refractivity contribution in [3.05, 3.63) is 75.3 Å². The fourth-order valence-corrected chi connectivity index (χ4v) is 5.09. The second-order valence-corrected chi connectivity index (χ2v) is 9.96. The summed E-state index contributed by atoms with van der Waals surface area (Å²) in [5.74, 6) is -0.757. The van der Waals surface area contributed by atoms with Gasteiger partial charge in [-0.25, -0.2) is 13.3 Å². The maximum Gasteiger partial charge on any atom is 0.283 e. The lowest BCUT2D eigenvalue weighted by Gasteiger charge is -2.24. The van der Waals surface area contributed by atoms with Crippen LogP contribution < -0.4 is 4.74 Å². The van der Waals surface area contributed by atoms with Crippen LogP contribution in [-0.4, -0.2) is 46.1 Å². The lowest BCUT2D eigenvalue weighted by Crippen LogP contribution is -2.45. The fourth-order valence-electron chi connectivity index (χ4n) is 3.13. The molecule has 2 aliphatic heterocycles. The first-order valence-electron chi connectivity index (χ1n) is 9.88. The number of nitro groups is 1. The van der Waals surface area contributed by atoms with Gasteiger partial charge in [0, 0.05) is 6.07 Å². The fraction of sp³-hybridized carbons (Fsp3) is 0.143. The molecule has 1 N–H and O–H groups in total. The number of nitro benzene ring substituents is 1. The summed E-state index contributed by atoms with van der Waals surface area (Å²) in [4.78, 5) is 28.1. The topological polar surface area (TPSA) is 155 Å². The average Bonchev–Trinajstić information content (AvgIpc) is 3.26. The molecule has 0 unspecified atom stereocenters. The van der Waals surface area contributed by atoms with Crippen LogP contribution in [0.3, 0.4) is 0 Å². The first-order valence-corrected chi connectivity index (χ1v) is 12.3. The predicted octanol–water partition coefficient (Wildman–Crippen LogP) is 3.19. The largest absolute Gasteiger partial charge is 0.489 e. The van der Waals surface area contributed by atoms with Crippen LogP contribution in [0.25, 0.3) is 6.08 Å². The van der Waals surface area contributed by atoms with Crippen LogP contribution in [0.4, 0.5) is 5.69 Å². The molecule has 1 amide bonds. The maximum atomic E-state index is 12.5. The Labute approximate surface area is 198 Å². The van der Waals surface area contributed by atoms with Gasteiger partial charge in [-0.15, -0.1) is 0 Å². The quantitative estimate of drug-likeness (QED) is 0.275. The number of para-hydroxylation sites is 1. The summed E-state index contributed by atoms with van der Waals surface area (Å²) in [7, 11) is -3.72. The third-order valence-corrected chi connectivity index (χ3v) is 7.33. The van der Waals surface area contributed by atoms with Gasteiger partial charge in [0.1, 0.15) is 18.2 Å². The van der Waals surface area contributed by atoms with Gasteiger partial charge in [-0.05, 0) is 29.8 Å². The van der Waals surface area contributed by atoms with Crippen molar-refractivity contribution in [3.63, 3.8) is 0 Å². The van der Waals surface area contributed by atoms with Crippen LogP contribution in [0.2, 0.25) is 0 Å². The highest BCUT2D eigenvalue weighted by molar-refractivity contribution is 8.16. The maximum absolute atomic E-state index is 12.5. The van der Waals surface area contributed by atoms with Gasteiger partial charge in [-0.3, -0.25) is 20.3 Å². The lowest BCUT2D eigenvalue weighted by atomic mass is 10.1. The van der Waals surface area contributed by atoms with E-state index in [-0.39, 0.29) is 39.8 Å². The molecule has 13 heteroatoms. The molecule has 0 bridgehead atoms. The number of carbonyl (C=O) groups is 1. The standard InChI is InChI=1S/C21H17N5O6S2/c1-2-34(30,31)21-24-33-20-23-19(27)16(18(22)25(20)21)11-13-7-9-15(10-8-13)32-12-14-5-3-4-6-17(14)26(28)29/h3-11,22H,2,12H2,1H3/b16-11-,22-18?. The number of carbonyl (C=O) groups excluding carboxylic acids is 1. The van der Waals surface area contributed by atoms with E-state index in [0.717, 1.165) is 16.8 Å². The molecule has 2 aromatic rings. The van der Waals surface area contributed by atoms with Gasteiger partial charge < -0.3 is 4.74 Å². The molecule has 174 valence electrons. The van der Waals surface area contributed by atoms with Gasteiger partial charge in [0.2, 0.25) is 20.2 Å². The molecule has 0 saturated carbocycles. The normalized spacial score (nSPS) is 16.9. The summed E-state index contributed by atoms with van der Waals surface area (Å²) >= 11 is 0.738. The van der Waals surface area contributed by atoms with Gasteiger partial charge >= 0.3 is 0 Å². The van der Waals surface area contributed by atoms with E-state index in [4.69, 9.17) is 10.1 Å². The Morgan fingerprint density at radius 1 is 1.21 bits per heavy atom. The molecule has 0 spiro atoms. The Bertz CT molecular complexity index is 1400. The molecular weight excluding hydrogens is 482 g/mol. The molecule has 0 fully saturated rings. The van der Waals surface area contributed by atoms with Crippen LogP contribution in [-0.2, 0) is 21.2 Å². The van der Waals surface area contributed by atoms with Crippen molar-refractivity contribution in [1.82, 2.24) is 4.90 Å². The van der Waals surface area contributed by atoms with Crippen molar-refractivity contribution in [2.24, 2.45) is 9.39 Å². The Morgan fingerprint density at radius 2 is 1.91 bits per heavy atom. The van der Waals surface area contributed by atoms with Crippen molar-refractivity contribution < 1.29 is 22.9 Å². The van der Waals surface area contributed by atoms with Gasteiger partial charge in [0.25, 0.3) is 11.6 Å². The number of amidine groups is 3. The molecule has 2 aliphatic rings. The molecule has 0 aliphatic carbocycles. The number of rotatable bonds is 6. The number of hydrogen-bond donors (Lipinski definition) is 1. The Hall–Kier alpha value is -3.84. The minimum Gasteiger partial charge on any atom is -0.489 e. The number of amides is 1. The monoisotopic (exact) mass is 499 g/mol. The first-order chi connectivity index (χ1) is 16.2. The number of nitrogens with zero attached hydrogens (tertiary/aromatic N) is 4. The van der Waals surface area contributed by atoms with Crippen LogP contribution >= 0.6 is 11.9 Å². The molecular formula is C21H17N5O6S2. The van der Waals surface area contributed by atoms with Crippen molar-refractivity contribution in [2.75, 3.05) is 5.75 Å². The third-order valence-electron chi connectivity index (χ3n) is 4.93. The predicted molar refractivity (Wildman–Crippen MR) is 128 cm³/mol. The van der Waals surface area contributed by atoms with Crippen molar-refractivity contribution >= 4 is 55.6 Å². The minimum absolute atomic E-state index is 0.00114. The number of nitrogens with one attached hydrogen (secondary N) is 1. The van der Waals surface area contributed by atoms with E-state index in [1.807, 2.05) is 0 Å². The Balaban J connectivity index is 1.53. The van der Waals surface area contributed by atoms with Gasteiger partial charge in [-0.2, -0.15) is 9.39 Å². The van der Waals surface area contributed by atoms with E-state index in [1.165, 1.54) is 19.1 Å². The molecule has 0 atom stereocenters. The van der Waals surface area contributed by atoms with Gasteiger partial charge in [-0.1, -0.05) is 31.2 Å². The second-order valence-electron chi connectivity index (χ2n) is 7.05. The van der Waals surface area contributed by atoms with Crippen LogP contribution in [0.5, 0.6) is 5.75 Å². The number of ether oxygens (including phenoxy) is 1. The zero-order valence-electron chi connectivity index (χ0n) is 17.7. The summed E-state index contributed by atoms with van der Waals surface area (Å²) in [6, 6.07) is 12.8. The highest BCUT2D eigenvalue weighted by atomic mass is 32.2. The van der Waals surface area contributed by atoms with E-state index in [1.54, 1.807) is 42.5 Å². The average molecular weight is 500 g/mol. The number of fused-ring (bicyclic) bond motifs is 1. The van der Waals surface area contributed by atoms with Crippen LogP contribution in [0.15, 0.2) is 63.5 Å². The second kappa shape index (κ2) is 9.19.